The lowest BCUT2D eigenvalue weighted by Gasteiger charge is -2.17. The fourth-order valence-corrected chi connectivity index (χ4v) is 1.46. The number of hydrogen-bond acceptors (Lipinski definition) is 5. The molecular weight excluding hydrogens is 288 g/mol. The van der Waals surface area contributed by atoms with E-state index in [-0.39, 0.29) is 18.1 Å². The molecule has 2 amide bonds. The van der Waals surface area contributed by atoms with Gasteiger partial charge in [0.1, 0.15) is 11.5 Å². The number of amides is 2. The first-order chi connectivity index (χ1) is 10.4. The minimum Gasteiger partial charge on any atom is -0.410 e. The average Bonchev–Trinajstić information content (AvgIpc) is 2.52. The van der Waals surface area contributed by atoms with Crippen LogP contribution in [-0.4, -0.2) is 54.3 Å². The van der Waals surface area contributed by atoms with Gasteiger partial charge < -0.3 is 24.4 Å². The first kappa shape index (κ1) is 17.8. The third-order valence-electron chi connectivity index (χ3n) is 3.10. The van der Waals surface area contributed by atoms with Crippen LogP contribution in [0.1, 0.15) is 19.4 Å². The molecule has 0 atom stereocenters. The summed E-state index contributed by atoms with van der Waals surface area (Å²) < 4.78 is 10.4. The second kappa shape index (κ2) is 8.23. The van der Waals surface area contributed by atoms with Gasteiger partial charge in [0.2, 0.25) is 0 Å². The van der Waals surface area contributed by atoms with E-state index in [4.69, 9.17) is 9.47 Å². The van der Waals surface area contributed by atoms with Crippen molar-refractivity contribution < 1.29 is 24.2 Å². The lowest BCUT2D eigenvalue weighted by Crippen LogP contribution is -2.30. The van der Waals surface area contributed by atoms with Crippen molar-refractivity contribution in [3.63, 3.8) is 0 Å². The number of rotatable bonds is 5. The molecule has 0 fully saturated rings. The molecule has 22 heavy (non-hydrogen) atoms. The number of aliphatic hydroxyl groups excluding tert-OH is 1. The highest BCUT2D eigenvalue weighted by Crippen LogP contribution is 2.24. The molecular formula is C15H22N2O5. The molecule has 0 aliphatic rings. The molecule has 0 saturated heterocycles. The number of carbonyl (C=O) groups excluding carboxylic acids is 2. The highest BCUT2D eigenvalue weighted by molar-refractivity contribution is 5.72. The number of aliphatic hydroxyl groups is 1. The fourth-order valence-electron chi connectivity index (χ4n) is 1.46. The van der Waals surface area contributed by atoms with Crippen molar-refractivity contribution in [1.82, 2.24) is 9.80 Å². The van der Waals surface area contributed by atoms with Gasteiger partial charge in [-0.25, -0.2) is 9.59 Å². The van der Waals surface area contributed by atoms with E-state index >= 15 is 0 Å². The van der Waals surface area contributed by atoms with Gasteiger partial charge in [-0.15, -0.1) is 0 Å². The summed E-state index contributed by atoms with van der Waals surface area (Å²) >= 11 is 0. The zero-order valence-electron chi connectivity index (χ0n) is 13.3. The van der Waals surface area contributed by atoms with Crippen LogP contribution in [0, 0.1) is 0 Å². The van der Waals surface area contributed by atoms with Crippen LogP contribution < -0.4 is 9.47 Å². The molecule has 0 unspecified atom stereocenters. The molecule has 1 aromatic rings. The minimum absolute atomic E-state index is 0.207. The Kier molecular flexibility index (Phi) is 6.65. The SMILES string of the molecule is CCN(C)C(=O)Oc1cc(CO)cc(OC(=O)N(C)CC)c1. The Morgan fingerprint density at radius 2 is 1.36 bits per heavy atom. The van der Waals surface area contributed by atoms with Crippen molar-refractivity contribution in [3.8, 4) is 11.5 Å². The maximum Gasteiger partial charge on any atom is 0.414 e. The van der Waals surface area contributed by atoms with Crippen LogP contribution in [0.4, 0.5) is 9.59 Å². The van der Waals surface area contributed by atoms with Gasteiger partial charge in [-0.05, 0) is 31.5 Å². The largest absolute Gasteiger partial charge is 0.414 e. The van der Waals surface area contributed by atoms with Gasteiger partial charge in [0.15, 0.2) is 0 Å². The van der Waals surface area contributed by atoms with Gasteiger partial charge in [-0.2, -0.15) is 0 Å². The van der Waals surface area contributed by atoms with E-state index in [1.54, 1.807) is 14.1 Å². The smallest absolute Gasteiger partial charge is 0.410 e. The first-order valence-electron chi connectivity index (χ1n) is 7.01. The fraction of sp³-hybridized carbons (Fsp3) is 0.467. The molecule has 0 spiro atoms. The summed E-state index contributed by atoms with van der Waals surface area (Å²) in [7, 11) is 3.21. The third-order valence-corrected chi connectivity index (χ3v) is 3.10. The standard InChI is InChI=1S/C15H22N2O5/c1-5-16(3)14(19)21-12-7-11(10-18)8-13(9-12)22-15(20)17(4)6-2/h7-9,18H,5-6,10H2,1-4H3. The highest BCUT2D eigenvalue weighted by atomic mass is 16.6. The molecule has 0 heterocycles. The summed E-state index contributed by atoms with van der Waals surface area (Å²) in [6.45, 7) is 4.38. The minimum atomic E-state index is -0.527. The molecule has 7 nitrogen and oxygen atoms in total. The molecule has 1 aromatic carbocycles. The molecule has 7 heteroatoms. The highest BCUT2D eigenvalue weighted by Gasteiger charge is 2.14. The number of carbonyl (C=O) groups is 2. The molecule has 0 aliphatic heterocycles. The first-order valence-corrected chi connectivity index (χ1v) is 7.01. The molecule has 122 valence electrons. The lowest BCUT2D eigenvalue weighted by molar-refractivity contribution is 0.163. The average molecular weight is 310 g/mol. The third kappa shape index (κ3) is 4.92. The van der Waals surface area contributed by atoms with Gasteiger partial charge in [0, 0.05) is 33.3 Å². The molecule has 0 aliphatic carbocycles. The van der Waals surface area contributed by atoms with Crippen LogP contribution in [0.2, 0.25) is 0 Å². The molecule has 0 saturated carbocycles. The van der Waals surface area contributed by atoms with E-state index in [1.807, 2.05) is 13.8 Å². The zero-order valence-corrected chi connectivity index (χ0v) is 13.3. The summed E-state index contributed by atoms with van der Waals surface area (Å²) in [6.07, 6.45) is -1.05. The molecule has 0 radical (unpaired) electrons. The van der Waals surface area contributed by atoms with Crippen molar-refractivity contribution in [2.75, 3.05) is 27.2 Å². The van der Waals surface area contributed by atoms with Gasteiger partial charge in [0.25, 0.3) is 0 Å². The molecule has 0 aromatic heterocycles. The van der Waals surface area contributed by atoms with E-state index in [0.29, 0.717) is 18.7 Å². The summed E-state index contributed by atoms with van der Waals surface area (Å²) in [5.74, 6) is 0.414. The van der Waals surface area contributed by atoms with Crippen molar-refractivity contribution >= 4 is 12.2 Å². The van der Waals surface area contributed by atoms with Gasteiger partial charge >= 0.3 is 12.2 Å². The Balaban J connectivity index is 2.93. The monoisotopic (exact) mass is 310 g/mol. The summed E-state index contributed by atoms with van der Waals surface area (Å²) in [5, 5.41) is 9.26. The van der Waals surface area contributed by atoms with Crippen molar-refractivity contribution in [3.05, 3.63) is 23.8 Å². The number of benzene rings is 1. The molecule has 1 N–H and O–H groups in total. The van der Waals surface area contributed by atoms with Crippen LogP contribution in [0.5, 0.6) is 11.5 Å². The predicted octanol–water partition coefficient (Wildman–Crippen LogP) is 2.08. The Hall–Kier alpha value is -2.28. The Morgan fingerprint density at radius 3 is 1.68 bits per heavy atom. The molecule has 0 bridgehead atoms. The second-order valence-electron chi connectivity index (χ2n) is 4.74. The maximum absolute atomic E-state index is 11.8. The van der Waals surface area contributed by atoms with Crippen LogP contribution in [0.15, 0.2) is 18.2 Å². The second-order valence-corrected chi connectivity index (χ2v) is 4.74. The van der Waals surface area contributed by atoms with E-state index in [0.717, 1.165) is 0 Å². The summed E-state index contributed by atoms with van der Waals surface area (Å²) in [6, 6.07) is 4.46. The summed E-state index contributed by atoms with van der Waals surface area (Å²) in [5.41, 5.74) is 0.478. The number of ether oxygens (including phenoxy) is 2. The van der Waals surface area contributed by atoms with E-state index in [9.17, 15) is 14.7 Å². The Morgan fingerprint density at radius 1 is 0.955 bits per heavy atom. The summed E-state index contributed by atoms with van der Waals surface area (Å²) in [4.78, 5) is 26.3. The van der Waals surface area contributed by atoms with Crippen molar-refractivity contribution in [1.29, 1.82) is 0 Å². The van der Waals surface area contributed by atoms with Gasteiger partial charge in [0.05, 0.1) is 6.61 Å². The van der Waals surface area contributed by atoms with Crippen LogP contribution in [0.25, 0.3) is 0 Å². The van der Waals surface area contributed by atoms with Crippen LogP contribution in [0.3, 0.4) is 0 Å². The lowest BCUT2D eigenvalue weighted by atomic mass is 10.2. The maximum atomic E-state index is 11.8. The zero-order chi connectivity index (χ0) is 16.7. The van der Waals surface area contributed by atoms with Gasteiger partial charge in [-0.3, -0.25) is 0 Å². The van der Waals surface area contributed by atoms with E-state index < -0.39 is 12.2 Å². The number of nitrogens with zero attached hydrogens (tertiary/aromatic N) is 2. The van der Waals surface area contributed by atoms with Crippen molar-refractivity contribution in [2.45, 2.75) is 20.5 Å². The predicted molar refractivity (Wildman–Crippen MR) is 81.0 cm³/mol. The number of hydrogen-bond donors (Lipinski definition) is 1. The Bertz CT molecular complexity index is 490. The topological polar surface area (TPSA) is 79.3 Å². The Labute approximate surface area is 130 Å². The van der Waals surface area contributed by atoms with Crippen LogP contribution in [-0.2, 0) is 6.61 Å². The van der Waals surface area contributed by atoms with Gasteiger partial charge in [-0.1, -0.05) is 0 Å². The van der Waals surface area contributed by atoms with E-state index in [2.05, 4.69) is 0 Å². The normalized spacial score (nSPS) is 10.0. The van der Waals surface area contributed by atoms with E-state index in [1.165, 1.54) is 28.0 Å². The van der Waals surface area contributed by atoms with Crippen LogP contribution >= 0.6 is 0 Å². The van der Waals surface area contributed by atoms with Crippen molar-refractivity contribution in [2.24, 2.45) is 0 Å². The quantitative estimate of drug-likeness (QED) is 0.900. The molecule has 1 rings (SSSR count).